The molecule has 5 heteroatoms. The third kappa shape index (κ3) is 2.00. The molecule has 1 aromatic rings. The number of alkyl halides is 1. The van der Waals surface area contributed by atoms with E-state index in [0.717, 1.165) is 11.3 Å². The highest BCUT2D eigenvalue weighted by Gasteiger charge is 2.38. The van der Waals surface area contributed by atoms with Gasteiger partial charge < -0.3 is 4.74 Å². The van der Waals surface area contributed by atoms with Gasteiger partial charge in [-0.25, -0.2) is 4.79 Å². The van der Waals surface area contributed by atoms with E-state index in [4.69, 9.17) is 16.3 Å². The summed E-state index contributed by atoms with van der Waals surface area (Å²) in [5, 5.41) is 0. The molecule has 1 aliphatic heterocycles. The molecule has 0 aliphatic carbocycles. The van der Waals surface area contributed by atoms with E-state index in [1.54, 1.807) is 0 Å². The van der Waals surface area contributed by atoms with Gasteiger partial charge in [-0.3, -0.25) is 9.69 Å². The summed E-state index contributed by atoms with van der Waals surface area (Å²) < 4.78 is 4.71. The maximum atomic E-state index is 11.8. The molecule has 1 unspecified atom stereocenters. The van der Waals surface area contributed by atoms with Crippen LogP contribution in [-0.4, -0.2) is 30.9 Å². The van der Waals surface area contributed by atoms with E-state index in [0.29, 0.717) is 6.42 Å². The first kappa shape index (κ1) is 11.9. The van der Waals surface area contributed by atoms with Crippen molar-refractivity contribution in [3.05, 3.63) is 29.8 Å². The van der Waals surface area contributed by atoms with E-state index < -0.39 is 12.0 Å². The van der Waals surface area contributed by atoms with Gasteiger partial charge in [-0.2, -0.15) is 0 Å². The lowest BCUT2D eigenvalue weighted by Gasteiger charge is -2.22. The normalized spacial score (nSPS) is 17.8. The molecule has 0 bridgehead atoms. The number of fused-ring (bicyclic) bond motifs is 1. The molecule has 1 amide bonds. The predicted molar refractivity (Wildman–Crippen MR) is 64.2 cm³/mol. The van der Waals surface area contributed by atoms with Crippen LogP contribution >= 0.6 is 11.6 Å². The molecule has 17 heavy (non-hydrogen) atoms. The van der Waals surface area contributed by atoms with Crippen LogP contribution in [0.4, 0.5) is 5.69 Å². The number of nitrogens with zero attached hydrogens (tertiary/aromatic N) is 1. The molecule has 1 atom stereocenters. The first-order chi connectivity index (χ1) is 8.19. The minimum atomic E-state index is -0.594. The first-order valence-electron chi connectivity index (χ1n) is 5.22. The highest BCUT2D eigenvalue weighted by molar-refractivity contribution is 6.30. The van der Waals surface area contributed by atoms with Crippen molar-refractivity contribution >= 4 is 29.2 Å². The zero-order chi connectivity index (χ0) is 12.4. The third-order valence-electron chi connectivity index (χ3n) is 2.83. The van der Waals surface area contributed by atoms with Crippen LogP contribution in [0.15, 0.2) is 24.3 Å². The number of ether oxygens (including phenoxy) is 1. The van der Waals surface area contributed by atoms with Crippen LogP contribution in [-0.2, 0) is 20.7 Å². The molecule has 0 N–H and O–H groups in total. The largest absolute Gasteiger partial charge is 0.467 e. The van der Waals surface area contributed by atoms with Crippen molar-refractivity contribution in [2.75, 3.05) is 17.9 Å². The second-order valence-electron chi connectivity index (χ2n) is 3.77. The third-order valence-corrected chi connectivity index (χ3v) is 3.06. The number of benzene rings is 1. The Morgan fingerprint density at radius 3 is 2.82 bits per heavy atom. The second kappa shape index (κ2) is 4.75. The number of methoxy groups -OCH3 is 1. The summed E-state index contributed by atoms with van der Waals surface area (Å²) in [6.07, 6.45) is 0.478. The summed E-state index contributed by atoms with van der Waals surface area (Å²) in [6, 6.07) is 6.81. The number of para-hydroxylation sites is 1. The molecule has 90 valence electrons. The topological polar surface area (TPSA) is 46.6 Å². The van der Waals surface area contributed by atoms with Crippen molar-refractivity contribution < 1.29 is 14.3 Å². The van der Waals surface area contributed by atoms with Gasteiger partial charge in [0.25, 0.3) is 0 Å². The Balaban J connectivity index is 2.40. The fourth-order valence-corrected chi connectivity index (χ4v) is 2.21. The number of amides is 1. The van der Waals surface area contributed by atoms with Gasteiger partial charge in [0.05, 0.1) is 7.11 Å². The molecule has 2 rings (SSSR count). The van der Waals surface area contributed by atoms with Crippen molar-refractivity contribution in [3.63, 3.8) is 0 Å². The van der Waals surface area contributed by atoms with Crippen LogP contribution in [0, 0.1) is 0 Å². The Labute approximate surface area is 104 Å². The smallest absolute Gasteiger partial charge is 0.329 e. The minimum Gasteiger partial charge on any atom is -0.467 e. The number of carbonyl (C=O) groups excluding carboxylic acids is 2. The summed E-state index contributed by atoms with van der Waals surface area (Å²) in [5.74, 6) is -0.853. The van der Waals surface area contributed by atoms with E-state index in [1.165, 1.54) is 12.0 Å². The minimum absolute atomic E-state index is 0.151. The summed E-state index contributed by atoms with van der Waals surface area (Å²) in [5.41, 5.74) is 1.70. The Hall–Kier alpha value is -1.55. The fourth-order valence-electron chi connectivity index (χ4n) is 2.08. The van der Waals surface area contributed by atoms with Gasteiger partial charge in [0, 0.05) is 12.1 Å². The Bertz CT molecular complexity index is 461. The van der Waals surface area contributed by atoms with Crippen molar-refractivity contribution in [1.82, 2.24) is 0 Å². The van der Waals surface area contributed by atoms with Crippen molar-refractivity contribution in [1.29, 1.82) is 0 Å². The summed E-state index contributed by atoms with van der Waals surface area (Å²) in [6.45, 7) is 0. The summed E-state index contributed by atoms with van der Waals surface area (Å²) in [4.78, 5) is 24.9. The zero-order valence-corrected chi connectivity index (χ0v) is 10.1. The van der Waals surface area contributed by atoms with Gasteiger partial charge in [-0.05, 0) is 11.6 Å². The number of hydrogen-bond donors (Lipinski definition) is 0. The van der Waals surface area contributed by atoms with E-state index in [-0.39, 0.29) is 11.8 Å². The predicted octanol–water partition coefficient (Wildman–Crippen LogP) is 1.36. The Morgan fingerprint density at radius 1 is 1.47 bits per heavy atom. The van der Waals surface area contributed by atoms with Crippen molar-refractivity contribution in [3.8, 4) is 0 Å². The van der Waals surface area contributed by atoms with Gasteiger partial charge in [0.1, 0.15) is 11.9 Å². The zero-order valence-electron chi connectivity index (χ0n) is 9.35. The standard InChI is InChI=1S/C12H12ClNO3/c1-17-12(16)10-6-8-4-2-3-5-9(8)14(10)11(15)7-13/h2-5,10H,6-7H2,1H3. The molecule has 1 heterocycles. The number of carbonyl (C=O) groups is 2. The molecule has 0 fully saturated rings. The van der Waals surface area contributed by atoms with Crippen molar-refractivity contribution in [2.24, 2.45) is 0 Å². The monoisotopic (exact) mass is 253 g/mol. The molecule has 0 spiro atoms. The maximum absolute atomic E-state index is 11.8. The van der Waals surface area contributed by atoms with E-state index in [2.05, 4.69) is 0 Å². The number of anilines is 1. The van der Waals surface area contributed by atoms with Crippen LogP contribution < -0.4 is 4.90 Å². The van der Waals surface area contributed by atoms with E-state index >= 15 is 0 Å². The quantitative estimate of drug-likeness (QED) is 0.591. The first-order valence-corrected chi connectivity index (χ1v) is 5.76. The van der Waals surface area contributed by atoms with Gasteiger partial charge in [0.15, 0.2) is 0 Å². The SMILES string of the molecule is COC(=O)C1Cc2ccccc2N1C(=O)CCl. The van der Waals surface area contributed by atoms with Crippen molar-refractivity contribution in [2.45, 2.75) is 12.5 Å². The fraction of sp³-hybridized carbons (Fsp3) is 0.333. The molecule has 0 saturated heterocycles. The van der Waals surface area contributed by atoms with Gasteiger partial charge in [-0.15, -0.1) is 11.6 Å². The number of esters is 1. The van der Waals surface area contributed by atoms with Crippen LogP contribution in [0.2, 0.25) is 0 Å². The molecular formula is C12H12ClNO3. The van der Waals surface area contributed by atoms with E-state index in [1.807, 2.05) is 24.3 Å². The molecule has 1 aromatic carbocycles. The lowest BCUT2D eigenvalue weighted by Crippen LogP contribution is -2.44. The van der Waals surface area contributed by atoms with Gasteiger partial charge >= 0.3 is 5.97 Å². The highest BCUT2D eigenvalue weighted by Crippen LogP contribution is 2.32. The molecule has 0 radical (unpaired) electrons. The second-order valence-corrected chi connectivity index (χ2v) is 4.04. The highest BCUT2D eigenvalue weighted by atomic mass is 35.5. The van der Waals surface area contributed by atoms with E-state index in [9.17, 15) is 9.59 Å². The number of rotatable bonds is 2. The Morgan fingerprint density at radius 2 is 2.18 bits per heavy atom. The van der Waals surface area contributed by atoms with Gasteiger partial charge in [-0.1, -0.05) is 18.2 Å². The maximum Gasteiger partial charge on any atom is 0.329 e. The molecule has 1 aliphatic rings. The Kier molecular flexibility index (Phi) is 3.33. The summed E-state index contributed by atoms with van der Waals surface area (Å²) in [7, 11) is 1.31. The van der Waals surface area contributed by atoms with Crippen LogP contribution in [0.1, 0.15) is 5.56 Å². The lowest BCUT2D eigenvalue weighted by atomic mass is 10.1. The van der Waals surface area contributed by atoms with Crippen LogP contribution in [0.5, 0.6) is 0 Å². The van der Waals surface area contributed by atoms with Crippen LogP contribution in [0.25, 0.3) is 0 Å². The lowest BCUT2D eigenvalue weighted by molar-refractivity contribution is -0.143. The average Bonchev–Trinajstić information content (AvgIpc) is 2.76. The van der Waals surface area contributed by atoms with Gasteiger partial charge in [0.2, 0.25) is 5.91 Å². The molecule has 0 aromatic heterocycles. The van der Waals surface area contributed by atoms with Crippen LogP contribution in [0.3, 0.4) is 0 Å². The average molecular weight is 254 g/mol. The molecular weight excluding hydrogens is 242 g/mol. The molecule has 0 saturated carbocycles. The number of hydrogen-bond acceptors (Lipinski definition) is 3. The molecule has 4 nitrogen and oxygen atoms in total. The summed E-state index contributed by atoms with van der Waals surface area (Å²) >= 11 is 5.57. The number of halogens is 1.